The Bertz CT molecular complexity index is 447. The molecule has 1 aliphatic rings. The zero-order valence-electron chi connectivity index (χ0n) is 10.9. The molecule has 1 unspecified atom stereocenters. The molecule has 118 valence electrons. The van der Waals surface area contributed by atoms with E-state index in [-0.39, 0.29) is 19.1 Å². The number of hydrogen-bond donors (Lipinski definition) is 2. The minimum atomic E-state index is -4.57. The van der Waals surface area contributed by atoms with Gasteiger partial charge in [0.15, 0.2) is 0 Å². The van der Waals surface area contributed by atoms with Gasteiger partial charge in [0.1, 0.15) is 6.54 Å². The summed E-state index contributed by atoms with van der Waals surface area (Å²) in [6.45, 7) is 1.16. The summed E-state index contributed by atoms with van der Waals surface area (Å²) in [4.78, 5) is 2.19. The number of nitrogens with two attached hydrogens (primary N) is 1. The first-order valence-corrected chi connectivity index (χ1v) is 7.72. The van der Waals surface area contributed by atoms with Gasteiger partial charge >= 0.3 is 6.18 Å². The van der Waals surface area contributed by atoms with Gasteiger partial charge in [0.25, 0.3) is 10.2 Å². The maximum absolute atomic E-state index is 12.0. The molecule has 0 bridgehead atoms. The zero-order chi connectivity index (χ0) is 15.6. The van der Waals surface area contributed by atoms with E-state index in [0.717, 1.165) is 4.31 Å². The van der Waals surface area contributed by atoms with Crippen LogP contribution >= 0.6 is 12.2 Å². The highest BCUT2D eigenvalue weighted by molar-refractivity contribution is 7.87. The number of hydrogen-bond acceptors (Lipinski definition) is 4. The molecule has 0 saturated carbocycles. The molecule has 1 rings (SSSR count). The lowest BCUT2D eigenvalue weighted by Gasteiger charge is -2.36. The average Bonchev–Trinajstić information content (AvgIpc) is 2.35. The Kier molecular flexibility index (Phi) is 5.72. The fraction of sp³-hybridized carbons (Fsp3) is 0.889. The van der Waals surface area contributed by atoms with Crippen molar-refractivity contribution in [3.8, 4) is 0 Å². The molecule has 1 fully saturated rings. The number of nitrogens with zero attached hydrogens (tertiary/aromatic N) is 2. The van der Waals surface area contributed by atoms with Crippen LogP contribution in [0.25, 0.3) is 0 Å². The van der Waals surface area contributed by atoms with Crippen molar-refractivity contribution >= 4 is 27.4 Å². The van der Waals surface area contributed by atoms with E-state index in [9.17, 15) is 21.6 Å². The molecular weight excluding hydrogens is 317 g/mol. The van der Waals surface area contributed by atoms with Crippen LogP contribution in [0.4, 0.5) is 13.2 Å². The number of nitrogens with one attached hydrogen (secondary N) is 1. The summed E-state index contributed by atoms with van der Waals surface area (Å²) in [5.74, 6) is 0. The van der Waals surface area contributed by atoms with Crippen molar-refractivity contribution in [2.24, 2.45) is 5.73 Å². The highest BCUT2D eigenvalue weighted by Crippen LogP contribution is 2.14. The van der Waals surface area contributed by atoms with E-state index in [2.05, 4.69) is 0 Å². The summed E-state index contributed by atoms with van der Waals surface area (Å²) in [6.07, 6.45) is -4.57. The Morgan fingerprint density at radius 1 is 1.35 bits per heavy atom. The van der Waals surface area contributed by atoms with Gasteiger partial charge in [-0.2, -0.15) is 30.6 Å². The molecule has 0 amide bonds. The van der Waals surface area contributed by atoms with Crippen molar-refractivity contribution in [3.63, 3.8) is 0 Å². The first-order chi connectivity index (χ1) is 9.03. The molecule has 0 aromatic heterocycles. The third-order valence-electron chi connectivity index (χ3n) is 3.03. The lowest BCUT2D eigenvalue weighted by Crippen LogP contribution is -2.56. The Hall–Kier alpha value is -0.490. The van der Waals surface area contributed by atoms with E-state index in [4.69, 9.17) is 18.0 Å². The molecule has 6 nitrogen and oxygen atoms in total. The second-order valence-electron chi connectivity index (χ2n) is 4.45. The highest BCUT2D eigenvalue weighted by Gasteiger charge is 2.33. The lowest BCUT2D eigenvalue weighted by molar-refractivity contribution is -0.121. The zero-order valence-corrected chi connectivity index (χ0v) is 12.5. The first-order valence-electron chi connectivity index (χ1n) is 5.88. The average molecular weight is 334 g/mol. The summed E-state index contributed by atoms with van der Waals surface area (Å²) in [5.41, 5.74) is 5.50. The Morgan fingerprint density at radius 3 is 2.25 bits per heavy atom. The summed E-state index contributed by atoms with van der Waals surface area (Å²) >= 11 is 4.85. The molecule has 1 atom stereocenters. The van der Waals surface area contributed by atoms with Gasteiger partial charge in [-0.25, -0.2) is 0 Å². The van der Waals surface area contributed by atoms with Crippen molar-refractivity contribution < 1.29 is 21.6 Å². The second-order valence-corrected chi connectivity index (χ2v) is 6.68. The van der Waals surface area contributed by atoms with Crippen LogP contribution in [0.5, 0.6) is 0 Å². The first kappa shape index (κ1) is 17.6. The highest BCUT2D eigenvalue weighted by atomic mass is 32.2. The van der Waals surface area contributed by atoms with Gasteiger partial charge in [-0.15, -0.1) is 0 Å². The smallest absolute Gasteiger partial charge is 0.392 e. The third-order valence-corrected chi connectivity index (χ3v) is 4.92. The molecule has 3 N–H and O–H groups in total. The molecule has 0 radical (unpaired) electrons. The molecule has 1 saturated heterocycles. The Labute approximate surface area is 121 Å². The van der Waals surface area contributed by atoms with E-state index >= 15 is 0 Å². The van der Waals surface area contributed by atoms with Crippen molar-refractivity contribution in [3.05, 3.63) is 0 Å². The molecule has 20 heavy (non-hydrogen) atoms. The number of piperazine rings is 1. The van der Waals surface area contributed by atoms with Crippen LogP contribution in [-0.2, 0) is 10.2 Å². The van der Waals surface area contributed by atoms with Gasteiger partial charge in [0.2, 0.25) is 0 Å². The van der Waals surface area contributed by atoms with Crippen molar-refractivity contribution in [1.82, 2.24) is 13.9 Å². The van der Waals surface area contributed by atoms with Gasteiger partial charge in [0, 0.05) is 26.2 Å². The predicted molar refractivity (Wildman–Crippen MR) is 72.4 cm³/mol. The number of rotatable bonds is 5. The topological polar surface area (TPSA) is 78.7 Å². The minimum Gasteiger partial charge on any atom is -0.392 e. The van der Waals surface area contributed by atoms with Gasteiger partial charge in [-0.05, 0) is 6.92 Å². The van der Waals surface area contributed by atoms with Crippen LogP contribution in [0.1, 0.15) is 6.92 Å². The maximum atomic E-state index is 12.0. The standard InChI is InChI=1S/C9H17F3N4O2S2/c1-7(8(13)19)15-2-4-16(5-3-15)20(17,18)14-6-9(10,11)12/h7,14H,2-6H2,1H3,(H2,13,19). The summed E-state index contributed by atoms with van der Waals surface area (Å²) < 4.78 is 62.0. The maximum Gasteiger partial charge on any atom is 0.402 e. The number of halogens is 3. The second kappa shape index (κ2) is 6.52. The number of thiocarbonyl (C=S) groups is 1. The quantitative estimate of drug-likeness (QED) is 0.674. The van der Waals surface area contributed by atoms with Crippen LogP contribution in [0, 0.1) is 0 Å². The lowest BCUT2D eigenvalue weighted by atomic mass is 10.2. The summed E-state index contributed by atoms with van der Waals surface area (Å²) in [6, 6.07) is -0.169. The van der Waals surface area contributed by atoms with E-state index in [0.29, 0.717) is 18.1 Å². The molecule has 0 aromatic carbocycles. The summed E-state index contributed by atoms with van der Waals surface area (Å²) in [7, 11) is -4.11. The van der Waals surface area contributed by atoms with E-state index in [1.165, 1.54) is 4.72 Å². The van der Waals surface area contributed by atoms with Gasteiger partial charge in [0.05, 0.1) is 11.0 Å². The van der Waals surface area contributed by atoms with Gasteiger partial charge < -0.3 is 5.73 Å². The Morgan fingerprint density at radius 2 is 1.85 bits per heavy atom. The molecule has 0 aliphatic carbocycles. The summed E-state index contributed by atoms with van der Waals surface area (Å²) in [5, 5.41) is 0. The van der Waals surface area contributed by atoms with Crippen LogP contribution in [0.3, 0.4) is 0 Å². The van der Waals surface area contributed by atoms with E-state index < -0.39 is 22.9 Å². The van der Waals surface area contributed by atoms with Gasteiger partial charge in [-0.1, -0.05) is 12.2 Å². The predicted octanol–water partition coefficient (Wildman–Crippen LogP) is -0.325. The molecular formula is C9H17F3N4O2S2. The molecule has 11 heteroatoms. The van der Waals surface area contributed by atoms with Crippen molar-refractivity contribution in [1.29, 1.82) is 0 Å². The largest absolute Gasteiger partial charge is 0.402 e. The third kappa shape index (κ3) is 5.13. The van der Waals surface area contributed by atoms with Crippen LogP contribution in [0.2, 0.25) is 0 Å². The monoisotopic (exact) mass is 334 g/mol. The fourth-order valence-electron chi connectivity index (χ4n) is 1.78. The minimum absolute atomic E-state index is 0.0974. The molecule has 1 aliphatic heterocycles. The van der Waals surface area contributed by atoms with Crippen LogP contribution in [-0.4, -0.2) is 67.6 Å². The molecule has 0 aromatic rings. The number of alkyl halides is 3. The van der Waals surface area contributed by atoms with Crippen LogP contribution in [0.15, 0.2) is 0 Å². The Balaban J connectivity index is 2.54. The van der Waals surface area contributed by atoms with Crippen LogP contribution < -0.4 is 10.5 Å². The van der Waals surface area contributed by atoms with Crippen molar-refractivity contribution in [2.45, 2.75) is 19.1 Å². The van der Waals surface area contributed by atoms with Gasteiger partial charge in [-0.3, -0.25) is 4.90 Å². The fourth-order valence-corrected chi connectivity index (χ4v) is 3.10. The van der Waals surface area contributed by atoms with E-state index in [1.54, 1.807) is 6.92 Å². The van der Waals surface area contributed by atoms with Crippen molar-refractivity contribution in [2.75, 3.05) is 32.7 Å². The SMILES string of the molecule is CC(C(N)=S)N1CCN(S(=O)(=O)NCC(F)(F)F)CC1. The normalized spacial score (nSPS) is 20.8. The molecule has 0 spiro atoms. The van der Waals surface area contributed by atoms with E-state index in [1.807, 2.05) is 4.90 Å². The molecule has 1 heterocycles.